The SMILES string of the molecule is CC1(C)c2c(cc(-c3ccc(-c4ccc5ccc6cccnc6c5n4)cc3)c3ccccc23)-c2c1c1ccccc1c1ccccc21. The van der Waals surface area contributed by atoms with E-state index in [1.807, 2.05) is 12.3 Å². The molecule has 1 aliphatic rings. The van der Waals surface area contributed by atoms with Gasteiger partial charge in [0.1, 0.15) is 0 Å². The van der Waals surface area contributed by atoms with Crippen LogP contribution in [-0.4, -0.2) is 9.97 Å². The van der Waals surface area contributed by atoms with Crippen LogP contribution in [-0.2, 0) is 5.41 Å². The third kappa shape index (κ3) is 3.67. The molecule has 47 heavy (non-hydrogen) atoms. The van der Waals surface area contributed by atoms with Crippen LogP contribution in [0.15, 0.2) is 146 Å². The van der Waals surface area contributed by atoms with Crippen molar-refractivity contribution in [1.82, 2.24) is 9.97 Å². The van der Waals surface area contributed by atoms with Crippen LogP contribution in [0.5, 0.6) is 0 Å². The van der Waals surface area contributed by atoms with Crippen LogP contribution in [0, 0.1) is 0 Å². The summed E-state index contributed by atoms with van der Waals surface area (Å²) in [5.41, 5.74) is 11.8. The summed E-state index contributed by atoms with van der Waals surface area (Å²) in [5, 5.41) is 10.1. The Morgan fingerprint density at radius 1 is 0.447 bits per heavy atom. The van der Waals surface area contributed by atoms with Gasteiger partial charge in [0.2, 0.25) is 0 Å². The second kappa shape index (κ2) is 9.57. The molecule has 10 rings (SSSR count). The minimum absolute atomic E-state index is 0.156. The molecule has 2 nitrogen and oxygen atoms in total. The highest BCUT2D eigenvalue weighted by molar-refractivity contribution is 6.20. The van der Waals surface area contributed by atoms with Gasteiger partial charge in [-0.25, -0.2) is 4.98 Å². The zero-order chi connectivity index (χ0) is 31.3. The average Bonchev–Trinajstić information content (AvgIpc) is 3.38. The molecule has 2 heteroatoms. The predicted molar refractivity (Wildman–Crippen MR) is 198 cm³/mol. The van der Waals surface area contributed by atoms with Crippen molar-refractivity contribution in [3.8, 4) is 33.5 Å². The lowest BCUT2D eigenvalue weighted by molar-refractivity contribution is 0.672. The lowest BCUT2D eigenvalue weighted by atomic mass is 9.77. The number of aromatic nitrogens is 2. The Bertz CT molecular complexity index is 2750. The Morgan fingerprint density at radius 3 is 1.77 bits per heavy atom. The van der Waals surface area contributed by atoms with Gasteiger partial charge >= 0.3 is 0 Å². The zero-order valence-corrected chi connectivity index (χ0v) is 26.3. The summed E-state index contributed by atoms with van der Waals surface area (Å²) in [6.07, 6.45) is 1.84. The van der Waals surface area contributed by atoms with Crippen LogP contribution in [0.4, 0.5) is 0 Å². The molecule has 0 saturated carbocycles. The van der Waals surface area contributed by atoms with Crippen molar-refractivity contribution >= 4 is 54.1 Å². The first-order chi connectivity index (χ1) is 23.1. The maximum atomic E-state index is 5.11. The van der Waals surface area contributed by atoms with E-state index in [1.54, 1.807) is 0 Å². The third-order valence-corrected chi connectivity index (χ3v) is 10.4. The number of benzene rings is 7. The first-order valence-electron chi connectivity index (χ1n) is 16.3. The molecule has 0 amide bonds. The number of hydrogen-bond acceptors (Lipinski definition) is 2. The van der Waals surface area contributed by atoms with Gasteiger partial charge in [-0.3, -0.25) is 4.98 Å². The zero-order valence-electron chi connectivity index (χ0n) is 26.3. The second-order valence-electron chi connectivity index (χ2n) is 13.3. The Kier molecular flexibility index (Phi) is 5.37. The molecular formula is C45H30N2. The van der Waals surface area contributed by atoms with Gasteiger partial charge in [-0.15, -0.1) is 0 Å². The van der Waals surface area contributed by atoms with Crippen LogP contribution in [0.25, 0.3) is 87.6 Å². The normalized spacial score (nSPS) is 13.5. The van der Waals surface area contributed by atoms with Crippen molar-refractivity contribution in [1.29, 1.82) is 0 Å². The van der Waals surface area contributed by atoms with Gasteiger partial charge < -0.3 is 0 Å². The Morgan fingerprint density at radius 2 is 1.02 bits per heavy atom. The van der Waals surface area contributed by atoms with Crippen LogP contribution < -0.4 is 0 Å². The summed E-state index contributed by atoms with van der Waals surface area (Å²) < 4.78 is 0. The Hall–Kier alpha value is -5.86. The van der Waals surface area contributed by atoms with E-state index in [4.69, 9.17) is 4.98 Å². The van der Waals surface area contributed by atoms with Crippen molar-refractivity contribution in [3.05, 3.63) is 157 Å². The van der Waals surface area contributed by atoms with Crippen molar-refractivity contribution in [3.63, 3.8) is 0 Å². The fourth-order valence-corrected chi connectivity index (χ4v) is 8.38. The minimum atomic E-state index is -0.156. The molecule has 0 atom stereocenters. The van der Waals surface area contributed by atoms with Gasteiger partial charge in [-0.2, -0.15) is 0 Å². The second-order valence-corrected chi connectivity index (χ2v) is 13.3. The third-order valence-electron chi connectivity index (χ3n) is 10.4. The van der Waals surface area contributed by atoms with Crippen molar-refractivity contribution in [2.24, 2.45) is 0 Å². The van der Waals surface area contributed by atoms with Gasteiger partial charge in [0.25, 0.3) is 0 Å². The van der Waals surface area contributed by atoms with E-state index < -0.39 is 0 Å². The standard InChI is InChI=1S/C45H30N2/c1-45(2)41-35-15-7-5-13-33(35)37(26-38(41)40-34-14-6-3-11-31(34)32-12-4-8-16-36(32)42(40)45)27-17-19-28(20-18-27)39-24-23-30-22-21-29-10-9-25-46-43(29)44(30)47-39/h3-26H,1-2H3. The van der Waals surface area contributed by atoms with Crippen molar-refractivity contribution in [2.45, 2.75) is 19.3 Å². The summed E-state index contributed by atoms with van der Waals surface area (Å²) >= 11 is 0. The highest BCUT2D eigenvalue weighted by Crippen LogP contribution is 2.57. The number of hydrogen-bond donors (Lipinski definition) is 0. The molecule has 0 saturated heterocycles. The summed E-state index contributed by atoms with van der Waals surface area (Å²) in [6.45, 7) is 4.82. The van der Waals surface area contributed by atoms with Crippen molar-refractivity contribution < 1.29 is 0 Å². The summed E-state index contributed by atoms with van der Waals surface area (Å²) in [5.74, 6) is 0. The highest BCUT2D eigenvalue weighted by atomic mass is 14.7. The minimum Gasteiger partial charge on any atom is -0.254 e. The maximum absolute atomic E-state index is 5.11. The molecule has 220 valence electrons. The maximum Gasteiger partial charge on any atom is 0.0972 e. The van der Waals surface area contributed by atoms with Crippen LogP contribution in [0.3, 0.4) is 0 Å². The molecular weight excluding hydrogens is 569 g/mol. The first kappa shape index (κ1) is 26.4. The lowest BCUT2D eigenvalue weighted by Crippen LogP contribution is -2.16. The molecule has 9 aromatic rings. The number of rotatable bonds is 2. The molecule has 2 heterocycles. The molecule has 0 bridgehead atoms. The highest BCUT2D eigenvalue weighted by Gasteiger charge is 2.40. The van der Waals surface area contributed by atoms with E-state index in [9.17, 15) is 0 Å². The summed E-state index contributed by atoms with van der Waals surface area (Å²) in [4.78, 5) is 9.76. The van der Waals surface area contributed by atoms with Crippen LogP contribution >= 0.6 is 0 Å². The molecule has 0 radical (unpaired) electrons. The Balaban J connectivity index is 1.19. The number of nitrogens with zero attached hydrogens (tertiary/aromatic N) is 2. The van der Waals surface area contributed by atoms with Gasteiger partial charge in [-0.1, -0.05) is 135 Å². The molecule has 0 spiro atoms. The fourth-order valence-electron chi connectivity index (χ4n) is 8.38. The molecule has 1 aliphatic carbocycles. The Labute approximate surface area is 273 Å². The first-order valence-corrected chi connectivity index (χ1v) is 16.3. The quantitative estimate of drug-likeness (QED) is 0.185. The largest absolute Gasteiger partial charge is 0.254 e. The van der Waals surface area contributed by atoms with E-state index in [1.165, 1.54) is 65.7 Å². The molecule has 7 aromatic carbocycles. The van der Waals surface area contributed by atoms with E-state index in [2.05, 4.69) is 152 Å². The summed E-state index contributed by atoms with van der Waals surface area (Å²) in [6, 6.07) is 50.9. The van der Waals surface area contributed by atoms with Crippen LogP contribution in [0.2, 0.25) is 0 Å². The number of fused-ring (bicyclic) bond motifs is 13. The van der Waals surface area contributed by atoms with Gasteiger partial charge in [-0.05, 0) is 83.9 Å². The fraction of sp³-hybridized carbons (Fsp3) is 0.0667. The van der Waals surface area contributed by atoms with Crippen molar-refractivity contribution in [2.75, 3.05) is 0 Å². The van der Waals surface area contributed by atoms with E-state index >= 15 is 0 Å². The molecule has 0 N–H and O–H groups in total. The molecule has 0 aliphatic heterocycles. The van der Waals surface area contributed by atoms with E-state index in [0.29, 0.717) is 0 Å². The monoisotopic (exact) mass is 598 g/mol. The molecule has 2 aromatic heterocycles. The topological polar surface area (TPSA) is 25.8 Å². The molecule has 0 fully saturated rings. The van der Waals surface area contributed by atoms with Gasteiger partial charge in [0.15, 0.2) is 0 Å². The number of pyridine rings is 2. The summed E-state index contributed by atoms with van der Waals surface area (Å²) in [7, 11) is 0. The van der Waals surface area contributed by atoms with E-state index in [-0.39, 0.29) is 5.41 Å². The lowest BCUT2D eigenvalue weighted by Gasteiger charge is -2.25. The van der Waals surface area contributed by atoms with Gasteiger partial charge in [0, 0.05) is 27.9 Å². The van der Waals surface area contributed by atoms with E-state index in [0.717, 1.165) is 33.1 Å². The van der Waals surface area contributed by atoms with Gasteiger partial charge in [0.05, 0.1) is 16.7 Å². The predicted octanol–water partition coefficient (Wildman–Crippen LogP) is 11.9. The van der Waals surface area contributed by atoms with Crippen LogP contribution in [0.1, 0.15) is 25.0 Å². The average molecular weight is 599 g/mol. The molecule has 0 unspecified atom stereocenters. The smallest absolute Gasteiger partial charge is 0.0972 e.